The molecule has 2 N–H and O–H groups in total. The van der Waals surface area contributed by atoms with Gasteiger partial charge in [0, 0.05) is 6.08 Å². The van der Waals surface area contributed by atoms with Crippen LogP contribution in [0.1, 0.15) is 19.4 Å². The Morgan fingerprint density at radius 2 is 1.83 bits per heavy atom. The molecule has 120 valence electrons. The molecule has 23 heavy (non-hydrogen) atoms. The molecule has 1 aromatic carbocycles. The zero-order chi connectivity index (χ0) is 17.2. The fraction of sp³-hybridized carbons (Fsp3) is 0.200. The van der Waals surface area contributed by atoms with Gasteiger partial charge in [-0.1, -0.05) is 18.7 Å². The van der Waals surface area contributed by atoms with Gasteiger partial charge in [0.15, 0.2) is 0 Å². The third-order valence-electron chi connectivity index (χ3n) is 3.33. The molecule has 1 heterocycles. The molecule has 0 aliphatic rings. The second-order valence-electron chi connectivity index (χ2n) is 5.24. The highest BCUT2D eigenvalue weighted by Gasteiger charge is 2.27. The van der Waals surface area contributed by atoms with Crippen LogP contribution < -0.4 is 21.8 Å². The Hall–Kier alpha value is -3.16. The molecular formula is C15H15N3O5. The lowest BCUT2D eigenvalue weighted by molar-refractivity contribution is -0.128. The van der Waals surface area contributed by atoms with Crippen molar-refractivity contribution < 1.29 is 9.53 Å². The Balaban J connectivity index is 2.57. The highest BCUT2D eigenvalue weighted by Crippen LogP contribution is 2.26. The van der Waals surface area contributed by atoms with E-state index in [9.17, 15) is 19.2 Å². The van der Waals surface area contributed by atoms with Gasteiger partial charge in [-0.05, 0) is 31.5 Å². The molecule has 0 unspecified atom stereocenters. The van der Waals surface area contributed by atoms with Gasteiger partial charge in [0.2, 0.25) is 0 Å². The Bertz CT molecular complexity index is 899. The Labute approximate surface area is 130 Å². The molecule has 2 rings (SSSR count). The summed E-state index contributed by atoms with van der Waals surface area (Å²) in [6.07, 6.45) is 1.02. The molecule has 0 aliphatic carbocycles. The maximum Gasteiger partial charge on any atom is 0.335 e. The van der Waals surface area contributed by atoms with Crippen LogP contribution in [0.25, 0.3) is 0 Å². The van der Waals surface area contributed by atoms with Crippen LogP contribution in [-0.2, 0) is 10.3 Å². The third kappa shape index (κ3) is 3.20. The van der Waals surface area contributed by atoms with Crippen LogP contribution in [0.3, 0.4) is 0 Å². The molecule has 8 heteroatoms. The van der Waals surface area contributed by atoms with Crippen molar-refractivity contribution in [3.8, 4) is 5.75 Å². The molecule has 0 saturated carbocycles. The number of carbonyl (C=O) groups excluding carboxylic acids is 1. The first-order valence-corrected chi connectivity index (χ1v) is 6.66. The second kappa shape index (κ2) is 5.91. The zero-order valence-corrected chi connectivity index (χ0v) is 12.6. The molecule has 0 radical (unpaired) electrons. The first-order valence-electron chi connectivity index (χ1n) is 6.66. The normalized spacial score (nSPS) is 11.0. The van der Waals surface area contributed by atoms with Gasteiger partial charge in [0.25, 0.3) is 0 Å². The number of hydrogen-bond donors (Lipinski definition) is 2. The van der Waals surface area contributed by atoms with Crippen LogP contribution in [0.2, 0.25) is 0 Å². The van der Waals surface area contributed by atoms with Crippen molar-refractivity contribution in [3.05, 3.63) is 73.9 Å². The minimum Gasteiger partial charge on any atom is -0.423 e. The van der Waals surface area contributed by atoms with E-state index in [4.69, 9.17) is 4.74 Å². The monoisotopic (exact) mass is 317 g/mol. The van der Waals surface area contributed by atoms with Crippen molar-refractivity contribution in [1.82, 2.24) is 14.5 Å². The Morgan fingerprint density at radius 1 is 1.22 bits per heavy atom. The van der Waals surface area contributed by atoms with Gasteiger partial charge in [0.05, 0.1) is 5.54 Å². The van der Waals surface area contributed by atoms with Gasteiger partial charge in [-0.3, -0.25) is 9.97 Å². The van der Waals surface area contributed by atoms with E-state index in [2.05, 4.69) is 6.58 Å². The Morgan fingerprint density at radius 3 is 2.39 bits per heavy atom. The van der Waals surface area contributed by atoms with E-state index in [1.807, 2.05) is 9.97 Å². The van der Waals surface area contributed by atoms with Gasteiger partial charge in [-0.2, -0.15) is 0 Å². The van der Waals surface area contributed by atoms with Crippen LogP contribution in [0, 0.1) is 0 Å². The number of benzene rings is 1. The molecule has 0 spiro atoms. The molecule has 0 aliphatic heterocycles. The largest absolute Gasteiger partial charge is 0.423 e. The van der Waals surface area contributed by atoms with Crippen molar-refractivity contribution in [2.45, 2.75) is 19.4 Å². The number of H-pyrrole nitrogens is 2. The minimum atomic E-state index is -1.09. The lowest BCUT2D eigenvalue weighted by Crippen LogP contribution is -2.51. The summed E-state index contributed by atoms with van der Waals surface area (Å²) in [4.78, 5) is 50.4. The molecule has 0 bridgehead atoms. The van der Waals surface area contributed by atoms with Crippen molar-refractivity contribution >= 4 is 5.97 Å². The van der Waals surface area contributed by atoms with Gasteiger partial charge in [0.1, 0.15) is 5.75 Å². The van der Waals surface area contributed by atoms with Crippen LogP contribution >= 0.6 is 0 Å². The highest BCUT2D eigenvalue weighted by atomic mass is 16.5. The minimum absolute atomic E-state index is 0.245. The van der Waals surface area contributed by atoms with Crippen molar-refractivity contribution in [3.63, 3.8) is 0 Å². The Kier molecular flexibility index (Phi) is 4.17. The fourth-order valence-electron chi connectivity index (χ4n) is 2.16. The van der Waals surface area contributed by atoms with Crippen LogP contribution in [0.15, 0.2) is 51.3 Å². The first kappa shape index (κ1) is 16.2. The lowest BCUT2D eigenvalue weighted by Gasteiger charge is -2.26. The topological polar surface area (TPSA) is 114 Å². The average molecular weight is 317 g/mol. The number of ether oxygens (including phenoxy) is 1. The van der Waals surface area contributed by atoms with Crippen LogP contribution in [0.4, 0.5) is 0 Å². The maximum absolute atomic E-state index is 12.0. The quantitative estimate of drug-likeness (QED) is 0.471. The summed E-state index contributed by atoms with van der Waals surface area (Å²) in [5, 5.41) is 0. The molecule has 0 fully saturated rings. The molecule has 0 atom stereocenters. The maximum atomic E-state index is 12.0. The predicted octanol–water partition coefficient (Wildman–Crippen LogP) is 0.0997. The average Bonchev–Trinajstić information content (AvgIpc) is 2.46. The number of aromatic nitrogens is 3. The van der Waals surface area contributed by atoms with Gasteiger partial charge in [-0.15, -0.1) is 0 Å². The fourth-order valence-corrected chi connectivity index (χ4v) is 2.16. The molecule has 0 saturated heterocycles. The number of aromatic amines is 2. The number of carbonyl (C=O) groups is 1. The van der Waals surface area contributed by atoms with Crippen LogP contribution in [-0.4, -0.2) is 20.5 Å². The smallest absolute Gasteiger partial charge is 0.335 e. The summed E-state index contributed by atoms with van der Waals surface area (Å²) in [6.45, 7) is 6.55. The lowest BCUT2D eigenvalue weighted by atomic mass is 9.94. The van der Waals surface area contributed by atoms with E-state index in [-0.39, 0.29) is 5.75 Å². The standard InChI is InChI=1S/C15H15N3O5/c1-4-11(19)23-10-7-5-6-9(8-10)15(2,3)18-13(21)16-12(20)17-14(18)22/h4-8H,1H2,2-3H3,(H2,16,17,20,21,22). The summed E-state index contributed by atoms with van der Waals surface area (Å²) in [6, 6.07) is 6.37. The number of rotatable bonds is 4. The van der Waals surface area contributed by atoms with E-state index in [1.54, 1.807) is 32.0 Å². The summed E-state index contributed by atoms with van der Waals surface area (Å²) < 4.78 is 5.90. The van der Waals surface area contributed by atoms with E-state index in [1.165, 1.54) is 6.07 Å². The summed E-state index contributed by atoms with van der Waals surface area (Å²) in [5.74, 6) is -0.381. The molecule has 0 amide bonds. The predicted molar refractivity (Wildman–Crippen MR) is 82.6 cm³/mol. The van der Waals surface area contributed by atoms with Gasteiger partial charge >= 0.3 is 23.0 Å². The zero-order valence-electron chi connectivity index (χ0n) is 12.6. The molecule has 8 nitrogen and oxygen atoms in total. The number of nitrogens with one attached hydrogen (secondary N) is 2. The number of nitrogens with zero attached hydrogens (tertiary/aromatic N) is 1. The number of esters is 1. The van der Waals surface area contributed by atoms with Gasteiger partial charge < -0.3 is 4.74 Å². The highest BCUT2D eigenvalue weighted by molar-refractivity contribution is 5.83. The third-order valence-corrected chi connectivity index (χ3v) is 3.33. The molecule has 1 aromatic heterocycles. The van der Waals surface area contributed by atoms with Crippen molar-refractivity contribution in [2.75, 3.05) is 0 Å². The van der Waals surface area contributed by atoms with E-state index in [0.29, 0.717) is 5.56 Å². The number of hydrogen-bond acceptors (Lipinski definition) is 5. The molecular weight excluding hydrogens is 302 g/mol. The van der Waals surface area contributed by atoms with Crippen LogP contribution in [0.5, 0.6) is 5.75 Å². The first-order chi connectivity index (χ1) is 10.8. The summed E-state index contributed by atoms with van der Waals surface area (Å²) in [5.41, 5.74) is -3.10. The molecule has 2 aromatic rings. The van der Waals surface area contributed by atoms with E-state index in [0.717, 1.165) is 10.6 Å². The second-order valence-corrected chi connectivity index (χ2v) is 5.24. The SMILES string of the molecule is C=CC(=O)Oc1cccc(C(C)(C)n2c(=O)[nH]c(=O)[nH]c2=O)c1. The summed E-state index contributed by atoms with van der Waals surface area (Å²) in [7, 11) is 0. The summed E-state index contributed by atoms with van der Waals surface area (Å²) >= 11 is 0. The van der Waals surface area contributed by atoms with E-state index < -0.39 is 28.6 Å². The van der Waals surface area contributed by atoms with Crippen molar-refractivity contribution in [1.29, 1.82) is 0 Å². The van der Waals surface area contributed by atoms with Crippen molar-refractivity contribution in [2.24, 2.45) is 0 Å². The van der Waals surface area contributed by atoms with E-state index >= 15 is 0 Å². The van der Waals surface area contributed by atoms with Gasteiger partial charge in [-0.25, -0.2) is 23.7 Å².